The first-order chi connectivity index (χ1) is 13.0. The van der Waals surface area contributed by atoms with E-state index in [0.29, 0.717) is 31.0 Å². The molecule has 1 fully saturated rings. The molecule has 4 rings (SSSR count). The summed E-state index contributed by atoms with van der Waals surface area (Å²) in [5, 5.41) is 0. The van der Waals surface area contributed by atoms with Crippen LogP contribution in [-0.2, 0) is 16.4 Å². The topological polar surface area (TPSA) is 76.3 Å². The maximum absolute atomic E-state index is 13.0. The maximum atomic E-state index is 13.0. The largest absolute Gasteiger partial charge is 0.444 e. The Kier molecular flexibility index (Phi) is 4.75. The molecule has 1 aliphatic heterocycles. The van der Waals surface area contributed by atoms with Gasteiger partial charge < -0.3 is 4.42 Å². The van der Waals surface area contributed by atoms with Crippen molar-refractivity contribution in [2.24, 2.45) is 0 Å². The molecule has 1 aliphatic rings. The number of nitrogens with zero attached hydrogens (tertiary/aromatic N) is 3. The van der Waals surface area contributed by atoms with Gasteiger partial charge in [0, 0.05) is 25.4 Å². The van der Waals surface area contributed by atoms with Crippen molar-refractivity contribution in [1.29, 1.82) is 0 Å². The zero-order valence-electron chi connectivity index (χ0n) is 14.5. The second-order valence-corrected chi connectivity index (χ2v) is 8.32. The van der Waals surface area contributed by atoms with Crippen LogP contribution in [0.5, 0.6) is 0 Å². The number of sulfonamides is 1. The number of halogens is 1. The summed E-state index contributed by atoms with van der Waals surface area (Å²) in [7, 11) is -3.66. The smallest absolute Gasteiger partial charge is 0.245 e. The van der Waals surface area contributed by atoms with Crippen molar-refractivity contribution in [3.05, 3.63) is 78.0 Å². The van der Waals surface area contributed by atoms with Crippen LogP contribution < -0.4 is 0 Å². The molecule has 0 amide bonds. The third kappa shape index (κ3) is 3.63. The maximum Gasteiger partial charge on any atom is 0.245 e. The lowest BCUT2D eigenvalue weighted by Gasteiger charge is -2.21. The highest BCUT2D eigenvalue weighted by atomic mass is 32.2. The molecule has 0 N–H and O–H groups in total. The number of hydrogen-bond acceptors (Lipinski definition) is 5. The highest BCUT2D eigenvalue weighted by Gasteiger charge is 2.38. The minimum absolute atomic E-state index is 0.162. The molecule has 8 heteroatoms. The Morgan fingerprint density at radius 1 is 1.19 bits per heavy atom. The quantitative estimate of drug-likeness (QED) is 0.671. The van der Waals surface area contributed by atoms with Crippen molar-refractivity contribution >= 4 is 10.0 Å². The molecule has 0 aliphatic carbocycles. The van der Waals surface area contributed by atoms with Gasteiger partial charge in [0.15, 0.2) is 0 Å². The highest BCUT2D eigenvalue weighted by Crippen LogP contribution is 2.36. The molecule has 140 valence electrons. The number of pyridine rings is 1. The number of hydrogen-bond donors (Lipinski definition) is 0. The SMILES string of the molecule is O=S(=O)(c1cccnc1)N1CCCC1c1ncc(Cc2ccc(F)cc2)o1. The van der Waals surface area contributed by atoms with Crippen molar-refractivity contribution in [2.45, 2.75) is 30.2 Å². The number of benzene rings is 1. The monoisotopic (exact) mass is 387 g/mol. The van der Waals surface area contributed by atoms with Crippen molar-refractivity contribution in [3.8, 4) is 0 Å². The number of rotatable bonds is 5. The minimum atomic E-state index is -3.66. The van der Waals surface area contributed by atoms with Crippen molar-refractivity contribution in [3.63, 3.8) is 0 Å². The van der Waals surface area contributed by atoms with E-state index in [1.807, 2.05) is 0 Å². The van der Waals surface area contributed by atoms with E-state index < -0.39 is 16.1 Å². The Morgan fingerprint density at radius 3 is 2.74 bits per heavy atom. The van der Waals surface area contributed by atoms with Crippen LogP contribution in [0, 0.1) is 5.82 Å². The second kappa shape index (κ2) is 7.21. The summed E-state index contributed by atoms with van der Waals surface area (Å²) in [6.45, 7) is 0.414. The Bertz CT molecular complexity index is 1020. The van der Waals surface area contributed by atoms with Crippen molar-refractivity contribution in [2.75, 3.05) is 6.54 Å². The molecule has 1 atom stereocenters. The van der Waals surface area contributed by atoms with E-state index in [4.69, 9.17) is 4.42 Å². The molecule has 0 spiro atoms. The highest BCUT2D eigenvalue weighted by molar-refractivity contribution is 7.89. The molecular formula is C19H18FN3O3S. The third-order valence-corrected chi connectivity index (χ3v) is 6.48. The van der Waals surface area contributed by atoms with Gasteiger partial charge in [-0.2, -0.15) is 4.31 Å². The minimum Gasteiger partial charge on any atom is -0.444 e. The first-order valence-electron chi connectivity index (χ1n) is 8.65. The molecule has 0 saturated carbocycles. The Balaban J connectivity index is 1.56. The third-order valence-electron chi connectivity index (χ3n) is 4.59. The summed E-state index contributed by atoms with van der Waals surface area (Å²) in [5.74, 6) is 0.707. The van der Waals surface area contributed by atoms with Crippen LogP contribution in [0.2, 0.25) is 0 Å². The van der Waals surface area contributed by atoms with Gasteiger partial charge in [-0.25, -0.2) is 17.8 Å². The zero-order valence-corrected chi connectivity index (χ0v) is 15.3. The van der Waals surface area contributed by atoms with Gasteiger partial charge in [0.2, 0.25) is 15.9 Å². The summed E-state index contributed by atoms with van der Waals surface area (Å²) in [4.78, 5) is 8.37. The molecule has 1 unspecified atom stereocenters. The van der Waals surface area contributed by atoms with Crippen LogP contribution in [0.1, 0.15) is 36.1 Å². The van der Waals surface area contributed by atoms with Gasteiger partial charge in [0.05, 0.1) is 6.20 Å². The second-order valence-electron chi connectivity index (χ2n) is 6.43. The number of oxazole rings is 1. The lowest BCUT2D eigenvalue weighted by molar-refractivity contribution is 0.322. The van der Waals surface area contributed by atoms with Gasteiger partial charge in [-0.15, -0.1) is 0 Å². The number of aromatic nitrogens is 2. The van der Waals surface area contributed by atoms with Gasteiger partial charge in [-0.1, -0.05) is 12.1 Å². The summed E-state index contributed by atoms with van der Waals surface area (Å²) in [6, 6.07) is 8.87. The molecule has 2 aromatic heterocycles. The molecular weight excluding hydrogens is 369 g/mol. The van der Waals surface area contributed by atoms with Crippen LogP contribution in [0.3, 0.4) is 0 Å². The van der Waals surface area contributed by atoms with E-state index in [1.165, 1.54) is 34.9 Å². The molecule has 3 heterocycles. The molecule has 6 nitrogen and oxygen atoms in total. The average Bonchev–Trinajstić information content (AvgIpc) is 3.34. The van der Waals surface area contributed by atoms with Crippen LogP contribution >= 0.6 is 0 Å². The van der Waals surface area contributed by atoms with Gasteiger partial charge in [-0.3, -0.25) is 4.98 Å². The summed E-state index contributed by atoms with van der Waals surface area (Å²) in [5.41, 5.74) is 0.894. The molecule has 0 bridgehead atoms. The summed E-state index contributed by atoms with van der Waals surface area (Å²) >= 11 is 0. The normalized spacial score (nSPS) is 18.0. The summed E-state index contributed by atoms with van der Waals surface area (Å²) < 4.78 is 46.1. The molecule has 0 radical (unpaired) electrons. The van der Waals surface area contributed by atoms with Crippen LogP contribution in [0.4, 0.5) is 4.39 Å². The standard InChI is InChI=1S/C19H18FN3O3S/c20-15-7-5-14(6-8-15)11-16-12-22-19(26-16)18-4-2-10-23(18)27(24,25)17-3-1-9-21-13-17/h1,3,5-9,12-13,18H,2,4,10-11H2. The molecule has 1 saturated heterocycles. The first kappa shape index (κ1) is 17.8. The van der Waals surface area contributed by atoms with E-state index in [2.05, 4.69) is 9.97 Å². The van der Waals surface area contributed by atoms with E-state index in [-0.39, 0.29) is 10.7 Å². The molecule has 1 aromatic carbocycles. The van der Waals surface area contributed by atoms with E-state index in [9.17, 15) is 12.8 Å². The van der Waals surface area contributed by atoms with E-state index in [0.717, 1.165) is 12.0 Å². The average molecular weight is 387 g/mol. The Hall–Kier alpha value is -2.58. The lowest BCUT2D eigenvalue weighted by atomic mass is 10.1. The van der Waals surface area contributed by atoms with Crippen LogP contribution in [-0.4, -0.2) is 29.2 Å². The molecule has 3 aromatic rings. The fourth-order valence-electron chi connectivity index (χ4n) is 3.27. The van der Waals surface area contributed by atoms with E-state index in [1.54, 1.807) is 24.4 Å². The van der Waals surface area contributed by atoms with Crippen molar-refractivity contribution < 1.29 is 17.2 Å². The van der Waals surface area contributed by atoms with Crippen LogP contribution in [0.15, 0.2) is 64.3 Å². The lowest BCUT2D eigenvalue weighted by Crippen LogP contribution is -2.30. The Morgan fingerprint density at radius 2 is 2.00 bits per heavy atom. The van der Waals surface area contributed by atoms with Gasteiger partial charge in [-0.05, 0) is 42.7 Å². The predicted octanol–water partition coefficient (Wildman–Crippen LogP) is 3.33. The van der Waals surface area contributed by atoms with Gasteiger partial charge >= 0.3 is 0 Å². The zero-order chi connectivity index (χ0) is 18.9. The van der Waals surface area contributed by atoms with E-state index >= 15 is 0 Å². The van der Waals surface area contributed by atoms with Gasteiger partial charge in [0.25, 0.3) is 0 Å². The molecule has 27 heavy (non-hydrogen) atoms. The van der Waals surface area contributed by atoms with Crippen molar-refractivity contribution in [1.82, 2.24) is 14.3 Å². The predicted molar refractivity (Wildman–Crippen MR) is 95.8 cm³/mol. The summed E-state index contributed by atoms with van der Waals surface area (Å²) in [6.07, 6.45) is 6.34. The van der Waals surface area contributed by atoms with Crippen LogP contribution in [0.25, 0.3) is 0 Å². The fourth-order valence-corrected chi connectivity index (χ4v) is 4.89. The first-order valence-corrected chi connectivity index (χ1v) is 10.1. The van der Waals surface area contributed by atoms with Gasteiger partial charge in [0.1, 0.15) is 22.5 Å². The Labute approximate surface area is 156 Å². The fraction of sp³-hybridized carbons (Fsp3) is 0.263.